The molecule has 4 nitrogen and oxygen atoms in total. The molecule has 1 aliphatic heterocycles. The maximum absolute atomic E-state index is 13.6. The molecular weight excluding hydrogens is 179 g/mol. The molecule has 0 radical (unpaired) electrons. The van der Waals surface area contributed by atoms with E-state index in [0.29, 0.717) is 0 Å². The molecular formula is C8H11FO4. The average Bonchev–Trinajstić information content (AvgIpc) is 2.41. The maximum Gasteiger partial charge on any atom is 0.338 e. The van der Waals surface area contributed by atoms with Crippen LogP contribution in [-0.4, -0.2) is 37.2 Å². The predicted octanol–water partition coefficient (Wildman–Crippen LogP) is 0.244. The number of carbonyl (C=O) groups is 2. The number of hydrogen-bond acceptors (Lipinski definition) is 4. The summed E-state index contributed by atoms with van der Waals surface area (Å²) < 4.78 is 22.9. The third-order valence-corrected chi connectivity index (χ3v) is 2.02. The number of rotatable bonds is 2. The van der Waals surface area contributed by atoms with Gasteiger partial charge < -0.3 is 9.47 Å². The van der Waals surface area contributed by atoms with Crippen LogP contribution >= 0.6 is 0 Å². The van der Waals surface area contributed by atoms with Crippen molar-refractivity contribution in [2.75, 3.05) is 7.11 Å². The molecule has 1 fully saturated rings. The molecule has 3 unspecified atom stereocenters. The molecule has 1 rings (SSSR count). The molecule has 1 saturated heterocycles. The van der Waals surface area contributed by atoms with Gasteiger partial charge in [0, 0.05) is 6.42 Å². The molecule has 1 aliphatic rings. The Bertz CT molecular complexity index is 230. The Morgan fingerprint density at radius 3 is 2.85 bits per heavy atom. The number of carbonyl (C=O) groups excluding carboxylic acids is 2. The monoisotopic (exact) mass is 190 g/mol. The summed E-state index contributed by atoms with van der Waals surface area (Å²) in [5.41, 5.74) is -2.23. The Morgan fingerprint density at radius 1 is 1.77 bits per heavy atom. The van der Waals surface area contributed by atoms with E-state index >= 15 is 0 Å². The minimum absolute atomic E-state index is 0.101. The summed E-state index contributed by atoms with van der Waals surface area (Å²) in [6.07, 6.45) is -1.85. The van der Waals surface area contributed by atoms with Crippen LogP contribution in [0.1, 0.15) is 13.3 Å². The van der Waals surface area contributed by atoms with Crippen LogP contribution < -0.4 is 0 Å². The summed E-state index contributed by atoms with van der Waals surface area (Å²) in [5.74, 6) is -0.848. The fourth-order valence-electron chi connectivity index (χ4n) is 1.41. The molecule has 0 amide bonds. The van der Waals surface area contributed by atoms with E-state index < -0.39 is 23.8 Å². The van der Waals surface area contributed by atoms with Crippen LogP contribution in [-0.2, 0) is 19.1 Å². The van der Waals surface area contributed by atoms with Crippen molar-refractivity contribution in [2.24, 2.45) is 0 Å². The third kappa shape index (κ3) is 1.70. The van der Waals surface area contributed by atoms with Crippen molar-refractivity contribution in [3.05, 3.63) is 0 Å². The van der Waals surface area contributed by atoms with Gasteiger partial charge in [0.1, 0.15) is 0 Å². The van der Waals surface area contributed by atoms with E-state index in [2.05, 4.69) is 4.74 Å². The molecule has 0 aromatic rings. The van der Waals surface area contributed by atoms with Crippen molar-refractivity contribution in [1.82, 2.24) is 0 Å². The first-order valence-electron chi connectivity index (χ1n) is 3.92. The maximum atomic E-state index is 13.6. The molecule has 3 atom stereocenters. The summed E-state index contributed by atoms with van der Waals surface area (Å²) >= 11 is 0. The van der Waals surface area contributed by atoms with Gasteiger partial charge in [0.25, 0.3) is 0 Å². The summed E-state index contributed by atoms with van der Waals surface area (Å²) in [6, 6.07) is 0. The zero-order valence-electron chi connectivity index (χ0n) is 7.45. The molecule has 0 bridgehead atoms. The number of ether oxygens (including phenoxy) is 2. The first-order chi connectivity index (χ1) is 6.03. The Hall–Kier alpha value is -0.970. The Balaban J connectivity index is 2.83. The molecule has 0 N–H and O–H groups in total. The van der Waals surface area contributed by atoms with E-state index in [-0.39, 0.29) is 12.7 Å². The molecule has 0 spiro atoms. The van der Waals surface area contributed by atoms with Gasteiger partial charge in [0.15, 0.2) is 12.4 Å². The van der Waals surface area contributed by atoms with Crippen LogP contribution in [0.2, 0.25) is 0 Å². The summed E-state index contributed by atoms with van der Waals surface area (Å²) in [7, 11) is 1.12. The van der Waals surface area contributed by atoms with Gasteiger partial charge in [-0.15, -0.1) is 0 Å². The van der Waals surface area contributed by atoms with E-state index in [1.54, 1.807) is 6.92 Å². The van der Waals surface area contributed by atoms with Crippen molar-refractivity contribution in [1.29, 1.82) is 0 Å². The van der Waals surface area contributed by atoms with E-state index in [0.717, 1.165) is 7.11 Å². The number of aldehydes is 1. The molecule has 13 heavy (non-hydrogen) atoms. The first-order valence-corrected chi connectivity index (χ1v) is 3.92. The largest absolute Gasteiger partial charge is 0.467 e. The fourth-order valence-corrected chi connectivity index (χ4v) is 1.41. The summed E-state index contributed by atoms with van der Waals surface area (Å²) in [4.78, 5) is 21.4. The zero-order chi connectivity index (χ0) is 10.1. The van der Waals surface area contributed by atoms with Crippen LogP contribution in [0.4, 0.5) is 4.39 Å². The summed E-state index contributed by atoms with van der Waals surface area (Å²) in [6.45, 7) is 1.60. The predicted molar refractivity (Wildman–Crippen MR) is 40.9 cm³/mol. The molecule has 1 heterocycles. The zero-order valence-corrected chi connectivity index (χ0v) is 7.45. The molecule has 74 valence electrons. The van der Waals surface area contributed by atoms with Crippen LogP contribution in [0, 0.1) is 0 Å². The lowest BCUT2D eigenvalue weighted by Gasteiger charge is -2.16. The quantitative estimate of drug-likeness (QED) is 0.462. The van der Waals surface area contributed by atoms with Crippen molar-refractivity contribution >= 4 is 12.3 Å². The van der Waals surface area contributed by atoms with E-state index in [1.807, 2.05) is 0 Å². The highest BCUT2D eigenvalue weighted by Gasteiger charge is 2.52. The number of esters is 1. The van der Waals surface area contributed by atoms with Gasteiger partial charge in [0.05, 0.1) is 13.2 Å². The van der Waals surface area contributed by atoms with Gasteiger partial charge in [-0.05, 0) is 6.92 Å². The lowest BCUT2D eigenvalue weighted by molar-refractivity contribution is -0.160. The topological polar surface area (TPSA) is 52.6 Å². The van der Waals surface area contributed by atoms with Crippen LogP contribution in [0.5, 0.6) is 0 Å². The number of alkyl halides is 1. The lowest BCUT2D eigenvalue weighted by Crippen LogP contribution is -2.41. The average molecular weight is 190 g/mol. The second kappa shape index (κ2) is 3.41. The van der Waals surface area contributed by atoms with Crippen LogP contribution in [0.3, 0.4) is 0 Å². The lowest BCUT2D eigenvalue weighted by atomic mass is 9.98. The van der Waals surface area contributed by atoms with E-state index in [9.17, 15) is 14.0 Å². The third-order valence-electron chi connectivity index (χ3n) is 2.02. The first kappa shape index (κ1) is 10.1. The second-order valence-electron chi connectivity index (χ2n) is 3.10. The highest BCUT2D eigenvalue weighted by atomic mass is 19.1. The van der Waals surface area contributed by atoms with Crippen molar-refractivity contribution in [2.45, 2.75) is 31.2 Å². The highest BCUT2D eigenvalue weighted by Crippen LogP contribution is 2.33. The van der Waals surface area contributed by atoms with E-state index in [1.165, 1.54) is 0 Å². The van der Waals surface area contributed by atoms with Gasteiger partial charge in [-0.2, -0.15) is 0 Å². The molecule has 5 heteroatoms. The molecule has 0 aliphatic carbocycles. The van der Waals surface area contributed by atoms with Crippen molar-refractivity contribution < 1.29 is 23.5 Å². The minimum Gasteiger partial charge on any atom is -0.467 e. The Kier molecular flexibility index (Phi) is 2.66. The molecule has 0 aromatic heterocycles. The highest BCUT2D eigenvalue weighted by molar-refractivity contribution is 5.83. The normalized spacial score (nSPS) is 38.7. The molecule has 0 saturated carbocycles. The van der Waals surface area contributed by atoms with Crippen molar-refractivity contribution in [3.8, 4) is 0 Å². The molecule has 0 aromatic carbocycles. The van der Waals surface area contributed by atoms with E-state index in [4.69, 9.17) is 4.74 Å². The minimum atomic E-state index is -2.23. The number of methoxy groups -OCH3 is 1. The SMILES string of the molecule is COC(=O)C1OC(C)CC1(F)C=O. The van der Waals surface area contributed by atoms with Gasteiger partial charge >= 0.3 is 5.97 Å². The number of halogens is 1. The van der Waals surface area contributed by atoms with Crippen LogP contribution in [0.15, 0.2) is 0 Å². The smallest absolute Gasteiger partial charge is 0.338 e. The van der Waals surface area contributed by atoms with Crippen LogP contribution in [0.25, 0.3) is 0 Å². The number of hydrogen-bond donors (Lipinski definition) is 0. The Morgan fingerprint density at radius 2 is 2.38 bits per heavy atom. The van der Waals surface area contributed by atoms with Crippen molar-refractivity contribution in [3.63, 3.8) is 0 Å². The summed E-state index contributed by atoms with van der Waals surface area (Å²) in [5, 5.41) is 0. The van der Waals surface area contributed by atoms with Gasteiger partial charge in [-0.3, -0.25) is 4.79 Å². The Labute approximate surface area is 75.0 Å². The van der Waals surface area contributed by atoms with Gasteiger partial charge in [0.2, 0.25) is 5.67 Å². The van der Waals surface area contributed by atoms with Gasteiger partial charge in [-0.1, -0.05) is 0 Å². The fraction of sp³-hybridized carbons (Fsp3) is 0.750. The standard InChI is InChI=1S/C8H11FO4/c1-5-3-8(9,4-10)6(13-5)7(11)12-2/h4-6H,3H2,1-2H3. The second-order valence-corrected chi connectivity index (χ2v) is 3.10. The van der Waals surface area contributed by atoms with Gasteiger partial charge in [-0.25, -0.2) is 9.18 Å².